The maximum Gasteiger partial charge on any atom is 0.270 e. The van der Waals surface area contributed by atoms with Crippen molar-refractivity contribution >= 4 is 11.7 Å². The van der Waals surface area contributed by atoms with E-state index in [1.54, 1.807) is 32.0 Å². The van der Waals surface area contributed by atoms with Gasteiger partial charge < -0.3 is 14.8 Å². The zero-order chi connectivity index (χ0) is 21.3. The molecule has 30 heavy (non-hydrogen) atoms. The minimum Gasteiger partial charge on any atom is -0.482 e. The fraction of sp³-hybridized carbons (Fsp3) is 0.333. The molecule has 3 aromatic rings. The van der Waals surface area contributed by atoms with E-state index in [0.29, 0.717) is 35.1 Å². The zero-order valence-electron chi connectivity index (χ0n) is 17.0. The number of H-pyrrole nitrogens is 1. The number of ether oxygens (including phenoxy) is 2. The summed E-state index contributed by atoms with van der Waals surface area (Å²) in [4.78, 5) is 32.2. The number of aromatic nitrogens is 4. The van der Waals surface area contributed by atoms with Crippen molar-refractivity contribution in [3.05, 3.63) is 58.1 Å². The number of nitrogens with one attached hydrogen (secondary N) is 2. The molecule has 0 spiro atoms. The molecular formula is C21H23N5O4. The van der Waals surface area contributed by atoms with Crippen LogP contribution in [0.25, 0.3) is 5.95 Å². The second-order valence-corrected chi connectivity index (χ2v) is 7.19. The quantitative estimate of drug-likeness (QED) is 0.669. The van der Waals surface area contributed by atoms with Crippen LogP contribution in [0.5, 0.6) is 11.5 Å². The highest BCUT2D eigenvalue weighted by Crippen LogP contribution is 2.33. The maximum atomic E-state index is 13.0. The van der Waals surface area contributed by atoms with E-state index in [9.17, 15) is 9.59 Å². The summed E-state index contributed by atoms with van der Waals surface area (Å²) in [5, 5.41) is 7.20. The molecular weight excluding hydrogens is 386 g/mol. The first-order chi connectivity index (χ1) is 14.4. The van der Waals surface area contributed by atoms with E-state index in [1.807, 2.05) is 19.1 Å². The van der Waals surface area contributed by atoms with E-state index in [-0.39, 0.29) is 17.4 Å². The van der Waals surface area contributed by atoms with Gasteiger partial charge in [0.1, 0.15) is 11.9 Å². The number of nitrogens with zero attached hydrogens (tertiary/aromatic N) is 3. The standard InChI is InChI=1S/C21H23N5O4/c1-4-7-14-11-18(27)24-21(22-14)26-17(10-12(2)25-26)23-20(28)19-13(3)29-15-8-5-6-9-16(15)30-19/h5-6,8-11,13,19H,4,7H2,1-3H3,(H,23,28)(H,22,24,27). The van der Waals surface area contributed by atoms with Gasteiger partial charge >= 0.3 is 0 Å². The van der Waals surface area contributed by atoms with Gasteiger partial charge in [0.25, 0.3) is 11.5 Å². The molecule has 1 aliphatic heterocycles. The van der Waals surface area contributed by atoms with E-state index in [2.05, 4.69) is 20.4 Å². The Labute approximate surface area is 173 Å². The number of hydrogen-bond acceptors (Lipinski definition) is 6. The Balaban J connectivity index is 1.61. The van der Waals surface area contributed by atoms with Crippen molar-refractivity contribution in [2.45, 2.75) is 45.8 Å². The van der Waals surface area contributed by atoms with E-state index in [4.69, 9.17) is 9.47 Å². The van der Waals surface area contributed by atoms with Crippen LogP contribution in [0.2, 0.25) is 0 Å². The Morgan fingerprint density at radius 2 is 1.97 bits per heavy atom. The van der Waals surface area contributed by atoms with E-state index in [0.717, 1.165) is 6.42 Å². The number of hydrogen-bond donors (Lipinski definition) is 2. The lowest BCUT2D eigenvalue weighted by Gasteiger charge is -2.30. The zero-order valence-corrected chi connectivity index (χ0v) is 17.0. The minimum absolute atomic E-state index is 0.244. The van der Waals surface area contributed by atoms with Gasteiger partial charge in [-0.15, -0.1) is 0 Å². The van der Waals surface area contributed by atoms with Crippen LogP contribution < -0.4 is 20.3 Å². The van der Waals surface area contributed by atoms with E-state index in [1.165, 1.54) is 10.7 Å². The van der Waals surface area contributed by atoms with Gasteiger partial charge in [-0.2, -0.15) is 9.78 Å². The predicted molar refractivity (Wildman–Crippen MR) is 110 cm³/mol. The first-order valence-corrected chi connectivity index (χ1v) is 9.85. The van der Waals surface area contributed by atoms with Crippen LogP contribution in [0.15, 0.2) is 41.2 Å². The normalized spacial score (nSPS) is 17.6. The summed E-state index contributed by atoms with van der Waals surface area (Å²) in [6.07, 6.45) is 0.198. The Hall–Kier alpha value is -3.62. The summed E-state index contributed by atoms with van der Waals surface area (Å²) in [5.41, 5.74) is 1.05. The van der Waals surface area contributed by atoms with Gasteiger partial charge in [0.2, 0.25) is 12.1 Å². The van der Waals surface area contributed by atoms with Gasteiger partial charge in [0.15, 0.2) is 11.5 Å². The molecule has 0 saturated carbocycles. The molecule has 1 aromatic carbocycles. The number of aromatic amines is 1. The van der Waals surface area contributed by atoms with Crippen molar-refractivity contribution in [1.82, 2.24) is 19.7 Å². The van der Waals surface area contributed by atoms with Crippen LogP contribution >= 0.6 is 0 Å². The summed E-state index contributed by atoms with van der Waals surface area (Å²) in [6.45, 7) is 5.58. The first-order valence-electron chi connectivity index (χ1n) is 9.85. The number of benzene rings is 1. The van der Waals surface area contributed by atoms with Gasteiger partial charge in [0, 0.05) is 17.8 Å². The first kappa shape index (κ1) is 19.7. The van der Waals surface area contributed by atoms with Gasteiger partial charge in [-0.3, -0.25) is 14.6 Å². The largest absolute Gasteiger partial charge is 0.482 e. The van der Waals surface area contributed by atoms with Crippen molar-refractivity contribution in [3.63, 3.8) is 0 Å². The number of fused-ring (bicyclic) bond motifs is 1. The lowest BCUT2D eigenvalue weighted by atomic mass is 10.1. The lowest BCUT2D eigenvalue weighted by molar-refractivity contribution is -0.128. The summed E-state index contributed by atoms with van der Waals surface area (Å²) >= 11 is 0. The number of carbonyl (C=O) groups is 1. The molecule has 1 amide bonds. The number of aryl methyl sites for hydroxylation is 2. The van der Waals surface area contributed by atoms with Crippen molar-refractivity contribution < 1.29 is 14.3 Å². The van der Waals surface area contributed by atoms with Crippen LogP contribution in [0, 0.1) is 6.92 Å². The third kappa shape index (κ3) is 3.91. The topological polar surface area (TPSA) is 111 Å². The third-order valence-electron chi connectivity index (χ3n) is 4.67. The van der Waals surface area contributed by atoms with Crippen LogP contribution in [-0.2, 0) is 11.2 Å². The molecule has 1 aliphatic rings. The van der Waals surface area contributed by atoms with Crippen LogP contribution in [0.1, 0.15) is 31.7 Å². The number of anilines is 1. The maximum absolute atomic E-state index is 13.0. The smallest absolute Gasteiger partial charge is 0.270 e. The molecule has 2 N–H and O–H groups in total. The molecule has 2 atom stereocenters. The summed E-state index contributed by atoms with van der Waals surface area (Å²) in [6, 6.07) is 10.4. The molecule has 2 unspecified atom stereocenters. The van der Waals surface area contributed by atoms with Gasteiger partial charge in [-0.1, -0.05) is 25.5 Å². The molecule has 0 aliphatic carbocycles. The SMILES string of the molecule is CCCc1cc(=O)[nH]c(-n2nc(C)cc2NC(=O)C2Oc3ccccc3OC2C)n1. The predicted octanol–water partition coefficient (Wildman–Crippen LogP) is 2.38. The van der Waals surface area contributed by atoms with Crippen molar-refractivity contribution in [2.75, 3.05) is 5.32 Å². The van der Waals surface area contributed by atoms with Gasteiger partial charge in [0.05, 0.1) is 5.69 Å². The Morgan fingerprint density at radius 1 is 1.23 bits per heavy atom. The Bertz CT molecular complexity index is 1140. The monoisotopic (exact) mass is 409 g/mol. The molecule has 0 radical (unpaired) electrons. The van der Waals surface area contributed by atoms with Crippen molar-refractivity contribution in [3.8, 4) is 17.4 Å². The highest BCUT2D eigenvalue weighted by molar-refractivity contribution is 5.94. The highest BCUT2D eigenvalue weighted by Gasteiger charge is 2.34. The summed E-state index contributed by atoms with van der Waals surface area (Å²) in [7, 11) is 0. The molecule has 4 rings (SSSR count). The molecule has 9 heteroatoms. The summed E-state index contributed by atoms with van der Waals surface area (Å²) < 4.78 is 13.1. The molecule has 156 valence electrons. The molecule has 0 saturated heterocycles. The molecule has 9 nitrogen and oxygen atoms in total. The second kappa shape index (κ2) is 8.02. The number of rotatable bonds is 5. The highest BCUT2D eigenvalue weighted by atomic mass is 16.6. The van der Waals surface area contributed by atoms with Gasteiger partial charge in [-0.25, -0.2) is 4.98 Å². The van der Waals surface area contributed by atoms with Gasteiger partial charge in [-0.05, 0) is 32.4 Å². The minimum atomic E-state index is -0.845. The Kier molecular flexibility index (Phi) is 5.26. The number of para-hydroxylation sites is 2. The molecule has 3 heterocycles. The fourth-order valence-electron chi connectivity index (χ4n) is 3.33. The Morgan fingerprint density at radius 3 is 2.70 bits per heavy atom. The van der Waals surface area contributed by atoms with Crippen molar-refractivity contribution in [1.29, 1.82) is 0 Å². The van der Waals surface area contributed by atoms with E-state index < -0.39 is 12.2 Å². The van der Waals surface area contributed by atoms with E-state index >= 15 is 0 Å². The fourth-order valence-corrected chi connectivity index (χ4v) is 3.33. The third-order valence-corrected chi connectivity index (χ3v) is 4.67. The van der Waals surface area contributed by atoms with Crippen LogP contribution in [0.4, 0.5) is 5.82 Å². The van der Waals surface area contributed by atoms with Crippen LogP contribution in [0.3, 0.4) is 0 Å². The second-order valence-electron chi connectivity index (χ2n) is 7.19. The van der Waals surface area contributed by atoms with Crippen molar-refractivity contribution in [2.24, 2.45) is 0 Å². The number of amides is 1. The number of carbonyl (C=O) groups excluding carboxylic acids is 1. The summed E-state index contributed by atoms with van der Waals surface area (Å²) in [5.74, 6) is 1.35. The average Bonchev–Trinajstić information content (AvgIpc) is 3.07. The average molecular weight is 409 g/mol. The molecule has 0 fully saturated rings. The van der Waals surface area contributed by atoms with Crippen LogP contribution in [-0.4, -0.2) is 37.9 Å². The molecule has 2 aromatic heterocycles. The lowest BCUT2D eigenvalue weighted by Crippen LogP contribution is -2.46. The molecule has 0 bridgehead atoms.